The Morgan fingerprint density at radius 1 is 1.45 bits per heavy atom. The highest BCUT2D eigenvalue weighted by Crippen LogP contribution is 2.30. The maximum absolute atomic E-state index is 5.65. The average Bonchev–Trinajstić information content (AvgIpc) is 2.05. The molecule has 2 nitrogen and oxygen atoms in total. The van der Waals surface area contributed by atoms with Crippen molar-refractivity contribution in [3.63, 3.8) is 0 Å². The largest absolute Gasteiger partial charge is 0.402 e. The fourth-order valence-corrected chi connectivity index (χ4v) is 1.84. The Hall–Kier alpha value is -0.500. The van der Waals surface area contributed by atoms with Crippen LogP contribution in [0.2, 0.25) is 0 Å². The molecule has 64 valence electrons. The van der Waals surface area contributed by atoms with Gasteiger partial charge in [0.15, 0.2) is 0 Å². The maximum atomic E-state index is 5.65. The van der Waals surface area contributed by atoms with Crippen LogP contribution in [0, 0.1) is 11.8 Å². The van der Waals surface area contributed by atoms with E-state index in [9.17, 15) is 0 Å². The van der Waals surface area contributed by atoms with Gasteiger partial charge in [0, 0.05) is 5.70 Å². The molecule has 0 heterocycles. The summed E-state index contributed by atoms with van der Waals surface area (Å²) in [7, 11) is 0. The maximum Gasteiger partial charge on any atom is 0.00391 e. The van der Waals surface area contributed by atoms with Crippen molar-refractivity contribution in [2.75, 3.05) is 6.54 Å². The summed E-state index contributed by atoms with van der Waals surface area (Å²) in [5.74, 6) is 1.23. The third kappa shape index (κ3) is 2.22. The van der Waals surface area contributed by atoms with Crippen molar-refractivity contribution in [3.05, 3.63) is 12.3 Å². The summed E-state index contributed by atoms with van der Waals surface area (Å²) in [6.45, 7) is 4.59. The number of hydrogen-bond acceptors (Lipinski definition) is 2. The molecule has 2 atom stereocenters. The Labute approximate surface area is 68.6 Å². The Morgan fingerprint density at radius 2 is 2.18 bits per heavy atom. The molecule has 1 rings (SSSR count). The Morgan fingerprint density at radius 3 is 2.73 bits per heavy atom. The van der Waals surface area contributed by atoms with Crippen molar-refractivity contribution < 1.29 is 0 Å². The third-order valence-electron chi connectivity index (χ3n) is 2.64. The van der Waals surface area contributed by atoms with Gasteiger partial charge >= 0.3 is 0 Å². The molecule has 4 N–H and O–H groups in total. The first kappa shape index (κ1) is 8.60. The van der Waals surface area contributed by atoms with Crippen LogP contribution in [-0.2, 0) is 0 Å². The first-order chi connectivity index (χ1) is 5.24. The Bertz CT molecular complexity index is 142. The number of allylic oxidation sites excluding steroid dienone is 1. The Kier molecular flexibility index (Phi) is 2.94. The molecule has 0 radical (unpaired) electrons. The van der Waals surface area contributed by atoms with Crippen LogP contribution in [0.5, 0.6) is 0 Å². The molecule has 2 heteroatoms. The fraction of sp³-hybridized carbons (Fsp3) is 0.778. The molecule has 0 bridgehead atoms. The van der Waals surface area contributed by atoms with E-state index in [2.05, 4.69) is 6.58 Å². The highest BCUT2D eigenvalue weighted by Gasteiger charge is 2.21. The van der Waals surface area contributed by atoms with E-state index >= 15 is 0 Å². The molecule has 0 unspecified atom stereocenters. The minimum absolute atomic E-state index is 0.539. The van der Waals surface area contributed by atoms with Crippen LogP contribution in [-0.4, -0.2) is 6.54 Å². The highest BCUT2D eigenvalue weighted by atomic mass is 14.6. The monoisotopic (exact) mass is 154 g/mol. The minimum Gasteiger partial charge on any atom is -0.402 e. The van der Waals surface area contributed by atoms with E-state index in [1.54, 1.807) is 0 Å². The van der Waals surface area contributed by atoms with Gasteiger partial charge in [0.2, 0.25) is 0 Å². The molecule has 0 saturated heterocycles. The lowest BCUT2D eigenvalue weighted by Crippen LogP contribution is -2.25. The van der Waals surface area contributed by atoms with E-state index in [4.69, 9.17) is 11.5 Å². The topological polar surface area (TPSA) is 52.0 Å². The lowest BCUT2D eigenvalue weighted by molar-refractivity contribution is 0.300. The van der Waals surface area contributed by atoms with Crippen LogP contribution >= 0.6 is 0 Å². The number of hydrogen-bond donors (Lipinski definition) is 2. The van der Waals surface area contributed by atoms with E-state index in [1.165, 1.54) is 19.3 Å². The van der Waals surface area contributed by atoms with Crippen LogP contribution in [0.15, 0.2) is 12.3 Å². The first-order valence-corrected chi connectivity index (χ1v) is 4.38. The molecule has 0 spiro atoms. The van der Waals surface area contributed by atoms with Crippen molar-refractivity contribution in [2.45, 2.75) is 25.7 Å². The zero-order chi connectivity index (χ0) is 8.27. The molecule has 0 aliphatic heterocycles. The lowest BCUT2D eigenvalue weighted by Gasteiger charge is -2.28. The van der Waals surface area contributed by atoms with Gasteiger partial charge in [-0.3, -0.25) is 0 Å². The predicted octanol–water partition coefficient (Wildman–Crippen LogP) is 1.22. The van der Waals surface area contributed by atoms with E-state index in [0.29, 0.717) is 11.8 Å². The lowest BCUT2D eigenvalue weighted by atomic mass is 9.80. The van der Waals surface area contributed by atoms with Crippen LogP contribution in [0.1, 0.15) is 25.7 Å². The average molecular weight is 154 g/mol. The van der Waals surface area contributed by atoms with Gasteiger partial charge in [-0.25, -0.2) is 0 Å². The molecule has 1 fully saturated rings. The van der Waals surface area contributed by atoms with Crippen molar-refractivity contribution in [3.8, 4) is 0 Å². The molecule has 11 heavy (non-hydrogen) atoms. The predicted molar refractivity (Wildman–Crippen MR) is 47.8 cm³/mol. The normalized spacial score (nSPS) is 31.7. The smallest absolute Gasteiger partial charge is 0.00391 e. The van der Waals surface area contributed by atoms with E-state index in [0.717, 1.165) is 18.7 Å². The Balaban J connectivity index is 2.39. The second kappa shape index (κ2) is 3.77. The molecule has 0 aromatic carbocycles. The first-order valence-electron chi connectivity index (χ1n) is 4.38. The van der Waals surface area contributed by atoms with E-state index in [1.807, 2.05) is 0 Å². The number of nitrogens with two attached hydrogens (primary N) is 2. The summed E-state index contributed by atoms with van der Waals surface area (Å²) in [6, 6.07) is 0. The third-order valence-corrected chi connectivity index (χ3v) is 2.64. The van der Waals surface area contributed by atoms with Crippen molar-refractivity contribution in [1.82, 2.24) is 0 Å². The standard InChI is InChI=1S/C9H18N2/c1-7(11)9-4-2-3-8(5-9)6-10/h8-9H,1-6,10-11H2/t8-,9-/m0/s1. The minimum atomic E-state index is 0.539. The van der Waals surface area contributed by atoms with Gasteiger partial charge in [0.1, 0.15) is 0 Å². The van der Waals surface area contributed by atoms with Gasteiger partial charge in [-0.2, -0.15) is 0 Å². The molecule has 1 aliphatic rings. The van der Waals surface area contributed by atoms with Crippen molar-refractivity contribution >= 4 is 0 Å². The fourth-order valence-electron chi connectivity index (χ4n) is 1.84. The van der Waals surface area contributed by atoms with Crippen molar-refractivity contribution in [2.24, 2.45) is 23.3 Å². The van der Waals surface area contributed by atoms with Gasteiger partial charge in [0.25, 0.3) is 0 Å². The van der Waals surface area contributed by atoms with Gasteiger partial charge in [-0.05, 0) is 37.6 Å². The van der Waals surface area contributed by atoms with Crippen LogP contribution in [0.25, 0.3) is 0 Å². The molecule has 0 amide bonds. The molecule has 0 aromatic heterocycles. The number of rotatable bonds is 2. The van der Waals surface area contributed by atoms with E-state index in [-0.39, 0.29) is 0 Å². The van der Waals surface area contributed by atoms with Gasteiger partial charge in [-0.1, -0.05) is 13.0 Å². The molecule has 0 aromatic rings. The quantitative estimate of drug-likeness (QED) is 0.628. The van der Waals surface area contributed by atoms with E-state index < -0.39 is 0 Å². The van der Waals surface area contributed by atoms with Crippen LogP contribution < -0.4 is 11.5 Å². The van der Waals surface area contributed by atoms with Crippen LogP contribution in [0.4, 0.5) is 0 Å². The summed E-state index contributed by atoms with van der Waals surface area (Å²) in [6.07, 6.45) is 4.92. The summed E-state index contributed by atoms with van der Waals surface area (Å²) in [5.41, 5.74) is 12.1. The molecule has 1 aliphatic carbocycles. The summed E-state index contributed by atoms with van der Waals surface area (Å²) < 4.78 is 0. The van der Waals surface area contributed by atoms with Gasteiger partial charge in [0.05, 0.1) is 0 Å². The summed E-state index contributed by atoms with van der Waals surface area (Å²) >= 11 is 0. The summed E-state index contributed by atoms with van der Waals surface area (Å²) in [5, 5.41) is 0. The van der Waals surface area contributed by atoms with Crippen LogP contribution in [0.3, 0.4) is 0 Å². The molecular weight excluding hydrogens is 136 g/mol. The van der Waals surface area contributed by atoms with Gasteiger partial charge in [-0.15, -0.1) is 0 Å². The molecular formula is C9H18N2. The second-order valence-electron chi connectivity index (χ2n) is 3.54. The van der Waals surface area contributed by atoms with Crippen molar-refractivity contribution in [1.29, 1.82) is 0 Å². The van der Waals surface area contributed by atoms with Gasteiger partial charge < -0.3 is 11.5 Å². The SMILES string of the molecule is C=C(N)[C@H]1CCC[C@H](CN)C1. The molecule has 1 saturated carbocycles. The highest BCUT2D eigenvalue weighted by molar-refractivity contribution is 4.96. The summed E-state index contributed by atoms with van der Waals surface area (Å²) in [4.78, 5) is 0. The second-order valence-corrected chi connectivity index (χ2v) is 3.54. The zero-order valence-corrected chi connectivity index (χ0v) is 7.05. The zero-order valence-electron chi connectivity index (χ0n) is 7.05.